The lowest BCUT2D eigenvalue weighted by Gasteiger charge is -1.90. The molecule has 0 fully saturated rings. The third-order valence-corrected chi connectivity index (χ3v) is 1.11. The maximum atomic E-state index is 6.99. The Balaban J connectivity index is 2.98. The van der Waals surface area contributed by atoms with Crippen molar-refractivity contribution in [1.82, 2.24) is 10.7 Å². The van der Waals surface area contributed by atoms with Crippen molar-refractivity contribution >= 4 is 17.2 Å². The molecule has 0 atom stereocenters. The van der Waals surface area contributed by atoms with Crippen molar-refractivity contribution in [3.8, 4) is 0 Å². The van der Waals surface area contributed by atoms with Crippen LogP contribution in [0.2, 0.25) is 0 Å². The van der Waals surface area contributed by atoms with E-state index in [9.17, 15) is 0 Å². The third-order valence-electron chi connectivity index (χ3n) is 0.898. The van der Waals surface area contributed by atoms with Gasteiger partial charge in [0, 0.05) is 6.20 Å². The van der Waals surface area contributed by atoms with Crippen LogP contribution in [0.15, 0.2) is 24.4 Å². The molecule has 0 unspecified atom stereocenters. The quantitative estimate of drug-likeness (QED) is 0.542. The molecule has 1 aromatic heterocycles. The van der Waals surface area contributed by atoms with Gasteiger partial charge < -0.3 is 0 Å². The number of pyridine rings is 1. The zero-order chi connectivity index (χ0) is 6.69. The summed E-state index contributed by atoms with van der Waals surface area (Å²) < 4.78 is 0. The van der Waals surface area contributed by atoms with Gasteiger partial charge in [-0.1, -0.05) is 18.3 Å². The SMILES string of the molecule is [NH]C(=S)c1ccccn1. The topological polar surface area (TPSA) is 36.7 Å². The summed E-state index contributed by atoms with van der Waals surface area (Å²) in [6.07, 6.45) is 1.62. The van der Waals surface area contributed by atoms with Crippen molar-refractivity contribution in [2.24, 2.45) is 0 Å². The minimum atomic E-state index is 0.0931. The molecule has 0 aliphatic heterocycles. The Morgan fingerprint density at radius 1 is 1.56 bits per heavy atom. The molecule has 0 aliphatic rings. The van der Waals surface area contributed by atoms with Crippen LogP contribution < -0.4 is 5.73 Å². The minimum absolute atomic E-state index is 0.0931. The van der Waals surface area contributed by atoms with Crippen molar-refractivity contribution in [3.05, 3.63) is 30.1 Å². The van der Waals surface area contributed by atoms with Crippen LogP contribution in [0.4, 0.5) is 0 Å². The highest BCUT2D eigenvalue weighted by Crippen LogP contribution is 1.91. The van der Waals surface area contributed by atoms with E-state index in [1.165, 1.54) is 0 Å². The van der Waals surface area contributed by atoms with Gasteiger partial charge in [-0.05, 0) is 12.1 Å². The number of rotatable bonds is 1. The molecule has 0 aliphatic carbocycles. The molecule has 0 spiro atoms. The second-order valence-electron chi connectivity index (χ2n) is 1.54. The lowest BCUT2D eigenvalue weighted by molar-refractivity contribution is 1.29. The van der Waals surface area contributed by atoms with Crippen LogP contribution in [0.5, 0.6) is 0 Å². The van der Waals surface area contributed by atoms with Gasteiger partial charge in [0.1, 0.15) is 4.99 Å². The lowest BCUT2D eigenvalue weighted by Crippen LogP contribution is -1.98. The highest BCUT2D eigenvalue weighted by atomic mass is 32.1. The Morgan fingerprint density at radius 3 is 2.67 bits per heavy atom. The molecule has 1 heterocycles. The average molecular weight is 137 g/mol. The summed E-state index contributed by atoms with van der Waals surface area (Å²) in [4.78, 5) is 3.94. The molecule has 1 N–H and O–H groups in total. The molecule has 0 amide bonds. The maximum Gasteiger partial charge on any atom is 0.143 e. The van der Waals surface area contributed by atoms with Crippen molar-refractivity contribution in [3.63, 3.8) is 0 Å². The van der Waals surface area contributed by atoms with Gasteiger partial charge in [-0.15, -0.1) is 0 Å². The number of nitrogens with one attached hydrogen (secondary N) is 1. The van der Waals surface area contributed by atoms with E-state index in [2.05, 4.69) is 17.2 Å². The number of hydrogen-bond donors (Lipinski definition) is 0. The number of thiocarbonyl (C=S) groups is 1. The monoisotopic (exact) mass is 137 g/mol. The fourth-order valence-electron chi connectivity index (χ4n) is 0.497. The normalized spacial score (nSPS) is 8.89. The molecule has 0 saturated heterocycles. The van der Waals surface area contributed by atoms with E-state index in [1.807, 2.05) is 6.07 Å². The predicted octanol–water partition coefficient (Wildman–Crippen LogP) is 1.04. The Morgan fingerprint density at radius 2 is 2.33 bits per heavy atom. The first kappa shape index (κ1) is 6.16. The van der Waals surface area contributed by atoms with Gasteiger partial charge in [-0.3, -0.25) is 10.7 Å². The smallest absolute Gasteiger partial charge is 0.143 e. The van der Waals surface area contributed by atoms with Crippen LogP contribution in [0.25, 0.3) is 0 Å². The predicted molar refractivity (Wildman–Crippen MR) is 39.0 cm³/mol. The van der Waals surface area contributed by atoms with Crippen LogP contribution in [0.3, 0.4) is 0 Å². The van der Waals surface area contributed by atoms with E-state index < -0.39 is 0 Å². The van der Waals surface area contributed by atoms with Crippen molar-refractivity contribution in [2.45, 2.75) is 0 Å². The third kappa shape index (κ3) is 1.47. The first-order chi connectivity index (χ1) is 4.30. The fourth-order valence-corrected chi connectivity index (χ4v) is 0.618. The maximum absolute atomic E-state index is 6.99. The highest BCUT2D eigenvalue weighted by Gasteiger charge is 1.92. The molecule has 0 bridgehead atoms. The number of hydrogen-bond acceptors (Lipinski definition) is 2. The summed E-state index contributed by atoms with van der Waals surface area (Å²) in [6, 6.07) is 5.32. The zero-order valence-electron chi connectivity index (χ0n) is 4.66. The standard InChI is InChI=1S/C6H5N2S/c7-6(9)5-3-1-2-4-8-5/h1-4,7H. The zero-order valence-corrected chi connectivity index (χ0v) is 5.48. The van der Waals surface area contributed by atoms with E-state index in [-0.39, 0.29) is 4.99 Å². The van der Waals surface area contributed by atoms with Crippen molar-refractivity contribution in [1.29, 1.82) is 0 Å². The summed E-state index contributed by atoms with van der Waals surface area (Å²) in [5, 5.41) is 0. The minimum Gasteiger partial charge on any atom is -0.288 e. The van der Waals surface area contributed by atoms with Crippen LogP contribution in [-0.2, 0) is 0 Å². The Kier molecular flexibility index (Phi) is 1.75. The first-order valence-electron chi connectivity index (χ1n) is 2.47. The van der Waals surface area contributed by atoms with E-state index >= 15 is 0 Å². The van der Waals surface area contributed by atoms with Crippen molar-refractivity contribution in [2.75, 3.05) is 0 Å². The molecular weight excluding hydrogens is 132 g/mol. The van der Waals surface area contributed by atoms with E-state index in [0.717, 1.165) is 0 Å². The second kappa shape index (κ2) is 2.55. The van der Waals surface area contributed by atoms with Crippen molar-refractivity contribution < 1.29 is 0 Å². The largest absolute Gasteiger partial charge is 0.288 e. The molecule has 1 aromatic rings. The second-order valence-corrected chi connectivity index (χ2v) is 1.95. The number of nitrogens with zero attached hydrogens (tertiary/aromatic N) is 1. The molecule has 2 nitrogen and oxygen atoms in total. The van der Waals surface area contributed by atoms with Crippen LogP contribution in [0.1, 0.15) is 5.69 Å². The molecule has 9 heavy (non-hydrogen) atoms. The van der Waals surface area contributed by atoms with Crippen LogP contribution >= 0.6 is 12.2 Å². The van der Waals surface area contributed by atoms with Crippen LogP contribution in [-0.4, -0.2) is 9.97 Å². The Hall–Kier alpha value is -0.960. The van der Waals surface area contributed by atoms with Gasteiger partial charge in [0.05, 0.1) is 5.69 Å². The summed E-state index contributed by atoms with van der Waals surface area (Å²) in [7, 11) is 0. The van der Waals surface area contributed by atoms with E-state index in [0.29, 0.717) is 5.69 Å². The van der Waals surface area contributed by atoms with Gasteiger partial charge >= 0.3 is 0 Å². The molecule has 3 heteroatoms. The summed E-state index contributed by atoms with van der Waals surface area (Å²) in [5.41, 5.74) is 7.55. The fraction of sp³-hybridized carbons (Fsp3) is 0. The van der Waals surface area contributed by atoms with Gasteiger partial charge in [-0.2, -0.15) is 0 Å². The average Bonchev–Trinajstić information content (AvgIpc) is 1.90. The Labute approximate surface area is 58.7 Å². The lowest BCUT2D eigenvalue weighted by atomic mass is 10.4. The number of aromatic nitrogens is 1. The van der Waals surface area contributed by atoms with Gasteiger partial charge in [0.25, 0.3) is 0 Å². The van der Waals surface area contributed by atoms with E-state index in [1.54, 1.807) is 18.3 Å². The molecule has 1 rings (SSSR count). The van der Waals surface area contributed by atoms with Crippen LogP contribution in [0, 0.1) is 0 Å². The first-order valence-corrected chi connectivity index (χ1v) is 2.88. The van der Waals surface area contributed by atoms with Gasteiger partial charge in [0.2, 0.25) is 0 Å². The summed E-state index contributed by atoms with van der Waals surface area (Å²) >= 11 is 4.57. The Bertz CT molecular complexity index is 208. The molecule has 45 valence electrons. The molecule has 1 radical (unpaired) electrons. The van der Waals surface area contributed by atoms with Gasteiger partial charge in [0.15, 0.2) is 0 Å². The van der Waals surface area contributed by atoms with Gasteiger partial charge in [-0.25, -0.2) is 0 Å². The summed E-state index contributed by atoms with van der Waals surface area (Å²) in [6.45, 7) is 0. The molecule has 0 saturated carbocycles. The molecule has 0 aromatic carbocycles. The molecular formula is C6H5N2S. The summed E-state index contributed by atoms with van der Waals surface area (Å²) in [5.74, 6) is 0. The highest BCUT2D eigenvalue weighted by molar-refractivity contribution is 7.80. The van der Waals surface area contributed by atoms with E-state index in [4.69, 9.17) is 5.73 Å².